The molecule has 0 saturated carbocycles. The van der Waals surface area contributed by atoms with Crippen molar-refractivity contribution in [3.8, 4) is 23.7 Å². The topological polar surface area (TPSA) is 105 Å². The first kappa shape index (κ1) is 21.9. The molecule has 0 spiro atoms. The summed E-state index contributed by atoms with van der Waals surface area (Å²) in [6.07, 6.45) is 0. The number of rotatable bonds is 6. The molecule has 0 rings (SSSR count). The summed E-state index contributed by atoms with van der Waals surface area (Å²) in [5, 5.41) is -2.69. The van der Waals surface area contributed by atoms with Gasteiger partial charge in [0, 0.05) is 0 Å². The highest BCUT2D eigenvalue weighted by Crippen LogP contribution is 2.09. The number of halogens is 2. The molecule has 0 heterocycles. The first-order valence-electron chi connectivity index (χ1n) is 6.09. The van der Waals surface area contributed by atoms with E-state index in [4.69, 9.17) is 23.2 Å². The van der Waals surface area contributed by atoms with Crippen molar-refractivity contribution in [3.05, 3.63) is 0 Å². The van der Waals surface area contributed by atoms with Crippen LogP contribution in [0.1, 0.15) is 27.7 Å². The van der Waals surface area contributed by atoms with Crippen LogP contribution in [-0.2, 0) is 38.7 Å². The average Bonchev–Trinajstić information content (AvgIpc) is 2.46. The first-order chi connectivity index (χ1) is 10.9. The van der Waals surface area contributed by atoms with Crippen molar-refractivity contribution in [2.24, 2.45) is 0 Å². The monoisotopic (exact) mass is 378 g/mol. The Bertz CT molecular complexity index is 600. The molecule has 0 radical (unpaired) electrons. The minimum Gasteiger partial charge on any atom is -0.286 e. The Morgan fingerprint density at radius 2 is 1.00 bits per heavy atom. The van der Waals surface area contributed by atoms with Gasteiger partial charge < -0.3 is 0 Å². The molecule has 0 amide bonds. The van der Waals surface area contributed by atoms with E-state index in [2.05, 4.69) is 43.2 Å². The van der Waals surface area contributed by atoms with Crippen molar-refractivity contribution in [2.75, 3.05) is 0 Å². The Labute approximate surface area is 147 Å². The van der Waals surface area contributed by atoms with E-state index in [1.165, 1.54) is 27.7 Å². The molecule has 0 unspecified atom stereocenters. The minimum absolute atomic E-state index is 1.28. The van der Waals surface area contributed by atoms with E-state index < -0.39 is 33.6 Å². The molecule has 8 nitrogen and oxygen atoms in total. The highest BCUT2D eigenvalue weighted by molar-refractivity contribution is 6.80. The third kappa shape index (κ3) is 9.82. The van der Waals surface area contributed by atoms with Crippen LogP contribution in [0.3, 0.4) is 0 Å². The van der Waals surface area contributed by atoms with Crippen molar-refractivity contribution in [2.45, 2.75) is 38.9 Å². The second-order valence-electron chi connectivity index (χ2n) is 4.98. The largest absolute Gasteiger partial charge is 0.424 e. The van der Waals surface area contributed by atoms with Gasteiger partial charge in [-0.3, -0.25) is 19.4 Å². The van der Waals surface area contributed by atoms with Gasteiger partial charge in [-0.2, -0.15) is 9.78 Å². The number of carbonyl (C=O) groups is 4. The van der Waals surface area contributed by atoms with Crippen LogP contribution in [0.15, 0.2) is 0 Å². The predicted octanol–water partition coefficient (Wildman–Crippen LogP) is 1.03. The fourth-order valence-electron chi connectivity index (χ4n) is 0.755. The second kappa shape index (κ2) is 9.26. The van der Waals surface area contributed by atoms with Crippen LogP contribution < -0.4 is 0 Å². The smallest absolute Gasteiger partial charge is 0.286 e. The van der Waals surface area contributed by atoms with Crippen molar-refractivity contribution in [1.29, 1.82) is 0 Å². The lowest BCUT2D eigenvalue weighted by Gasteiger charge is -2.15. The summed E-state index contributed by atoms with van der Waals surface area (Å²) in [5.74, 6) is 6.99. The molecule has 0 atom stereocenters. The Morgan fingerprint density at radius 3 is 1.25 bits per heavy atom. The Morgan fingerprint density at radius 1 is 0.708 bits per heavy atom. The molecule has 24 heavy (non-hydrogen) atoms. The van der Waals surface area contributed by atoms with Crippen LogP contribution in [0.2, 0.25) is 0 Å². The van der Waals surface area contributed by atoms with Gasteiger partial charge in [0.1, 0.15) is 0 Å². The quantitative estimate of drug-likeness (QED) is 0.222. The molecular formula is C14H12Cl2O8. The summed E-state index contributed by atoms with van der Waals surface area (Å²) >= 11 is 9.75. The van der Waals surface area contributed by atoms with Gasteiger partial charge in [0.05, 0.1) is 0 Å². The predicted molar refractivity (Wildman–Crippen MR) is 79.8 cm³/mol. The van der Waals surface area contributed by atoms with Crippen LogP contribution in [0, 0.1) is 23.7 Å². The van der Waals surface area contributed by atoms with Crippen molar-refractivity contribution < 1.29 is 38.7 Å². The maximum atomic E-state index is 10.8. The zero-order valence-corrected chi connectivity index (χ0v) is 14.5. The summed E-state index contributed by atoms with van der Waals surface area (Å²) in [6, 6.07) is 0. The lowest BCUT2D eigenvalue weighted by atomic mass is 10.1. The molecule has 10 heteroatoms. The van der Waals surface area contributed by atoms with Gasteiger partial charge in [-0.1, -0.05) is 0 Å². The van der Waals surface area contributed by atoms with Crippen LogP contribution in [0.4, 0.5) is 0 Å². The fraction of sp³-hybridized carbons (Fsp3) is 0.429. The molecule has 0 saturated heterocycles. The lowest BCUT2D eigenvalue weighted by molar-refractivity contribution is -0.306. The van der Waals surface area contributed by atoms with E-state index in [1.54, 1.807) is 0 Å². The van der Waals surface area contributed by atoms with Gasteiger partial charge >= 0.3 is 22.4 Å². The Balaban J connectivity index is 4.67. The van der Waals surface area contributed by atoms with E-state index in [0.717, 1.165) is 0 Å². The van der Waals surface area contributed by atoms with Gasteiger partial charge in [-0.05, 0) is 74.6 Å². The van der Waals surface area contributed by atoms with E-state index >= 15 is 0 Å². The third-order valence-corrected chi connectivity index (χ3v) is 2.07. The van der Waals surface area contributed by atoms with Gasteiger partial charge in [0.25, 0.3) is 0 Å². The SMILES string of the molecule is CC(C)(C#CC#CC(C)(C)OOC(=O)C(=O)Cl)OOC(=O)C(=O)Cl. The van der Waals surface area contributed by atoms with Gasteiger partial charge in [0.15, 0.2) is 11.2 Å². The van der Waals surface area contributed by atoms with Crippen LogP contribution >= 0.6 is 23.2 Å². The van der Waals surface area contributed by atoms with E-state index in [-0.39, 0.29) is 0 Å². The average molecular weight is 379 g/mol. The standard InChI is InChI=1S/C14H12Cl2O8/c1-13(2,23-21-11(19)9(15)17)7-5-6-8-14(3,4)24-22-12(20)10(16)18/h1-4H3. The molecule has 0 aliphatic carbocycles. The Hall–Kier alpha value is -2.10. The zero-order chi connectivity index (χ0) is 19.0. The number of carbonyl (C=O) groups excluding carboxylic acids is 4. The zero-order valence-electron chi connectivity index (χ0n) is 13.0. The minimum atomic E-state index is -1.39. The molecule has 0 N–H and O–H groups in total. The molecule has 0 aromatic heterocycles. The van der Waals surface area contributed by atoms with Crippen LogP contribution in [0.25, 0.3) is 0 Å². The van der Waals surface area contributed by atoms with Crippen LogP contribution in [0.5, 0.6) is 0 Å². The molecule has 0 bridgehead atoms. The van der Waals surface area contributed by atoms with E-state index in [1.807, 2.05) is 0 Å². The molecule has 0 aromatic carbocycles. The van der Waals surface area contributed by atoms with Gasteiger partial charge in [0.2, 0.25) is 0 Å². The summed E-state index contributed by atoms with van der Waals surface area (Å²) in [7, 11) is 0. The lowest BCUT2D eigenvalue weighted by Crippen LogP contribution is -2.26. The van der Waals surface area contributed by atoms with E-state index in [0.29, 0.717) is 0 Å². The summed E-state index contributed by atoms with van der Waals surface area (Å²) in [6.45, 7) is 5.73. The normalized spacial score (nSPS) is 10.4. The van der Waals surface area contributed by atoms with Crippen molar-refractivity contribution >= 4 is 45.6 Å². The van der Waals surface area contributed by atoms with Crippen LogP contribution in [-0.4, -0.2) is 33.6 Å². The number of hydrogen-bond donors (Lipinski definition) is 0. The van der Waals surface area contributed by atoms with Gasteiger partial charge in [-0.25, -0.2) is 9.59 Å². The highest BCUT2D eigenvalue weighted by Gasteiger charge is 2.23. The summed E-state index contributed by atoms with van der Waals surface area (Å²) < 4.78 is 0. The maximum absolute atomic E-state index is 10.8. The summed E-state index contributed by atoms with van der Waals surface area (Å²) in [5.41, 5.74) is -2.56. The number of hydrogen-bond acceptors (Lipinski definition) is 8. The first-order valence-corrected chi connectivity index (χ1v) is 6.85. The molecule has 0 aromatic rings. The second-order valence-corrected chi connectivity index (χ2v) is 5.66. The molecule has 130 valence electrons. The molecule has 0 fully saturated rings. The third-order valence-electron chi connectivity index (χ3n) is 1.76. The fourth-order valence-corrected chi connectivity index (χ4v) is 0.818. The molecular weight excluding hydrogens is 367 g/mol. The Kier molecular flexibility index (Phi) is 8.45. The molecule has 0 aliphatic heterocycles. The summed E-state index contributed by atoms with van der Waals surface area (Å²) in [4.78, 5) is 60.2. The maximum Gasteiger partial charge on any atom is 0.424 e. The van der Waals surface area contributed by atoms with Crippen molar-refractivity contribution in [3.63, 3.8) is 0 Å². The van der Waals surface area contributed by atoms with Gasteiger partial charge in [-0.15, -0.1) is 0 Å². The highest BCUT2D eigenvalue weighted by atomic mass is 35.5. The molecule has 0 aliphatic rings. The van der Waals surface area contributed by atoms with Crippen molar-refractivity contribution in [1.82, 2.24) is 0 Å². The van der Waals surface area contributed by atoms with E-state index in [9.17, 15) is 19.2 Å².